The Morgan fingerprint density at radius 3 is 2.88 bits per heavy atom. The number of aliphatic hydroxyl groups excluding tert-OH is 1. The molecule has 0 fully saturated rings. The van der Waals surface area contributed by atoms with Gasteiger partial charge in [0.15, 0.2) is 0 Å². The first-order valence-electron chi connectivity index (χ1n) is 8.58. The number of carbonyl (C=O) groups excluding carboxylic acids is 1. The zero-order valence-corrected chi connectivity index (χ0v) is 13.9. The van der Waals surface area contributed by atoms with Gasteiger partial charge in [0, 0.05) is 34.0 Å². The highest BCUT2D eigenvalue weighted by Crippen LogP contribution is 2.30. The molecule has 1 aliphatic carbocycles. The van der Waals surface area contributed by atoms with Gasteiger partial charge in [-0.05, 0) is 49.1 Å². The average Bonchev–Trinajstić information content (AvgIpc) is 3.00. The van der Waals surface area contributed by atoms with Crippen molar-refractivity contribution in [2.75, 3.05) is 17.2 Å². The van der Waals surface area contributed by atoms with Crippen LogP contribution in [-0.4, -0.2) is 28.6 Å². The molecular weight excluding hydrogens is 314 g/mol. The summed E-state index contributed by atoms with van der Waals surface area (Å²) in [6.45, 7) is -0.510. The fraction of sp³-hybridized carbons (Fsp3) is 0.250. The van der Waals surface area contributed by atoms with Crippen LogP contribution >= 0.6 is 0 Å². The second-order valence-corrected chi connectivity index (χ2v) is 6.50. The molecule has 2 aromatic carbocycles. The number of nitrogens with one attached hydrogen (secondary N) is 3. The highest BCUT2D eigenvalue weighted by atomic mass is 16.3. The maximum atomic E-state index is 11.3. The monoisotopic (exact) mass is 335 g/mol. The molecule has 5 nitrogen and oxygen atoms in total. The van der Waals surface area contributed by atoms with Gasteiger partial charge >= 0.3 is 0 Å². The summed E-state index contributed by atoms with van der Waals surface area (Å²) in [5.41, 5.74) is 5.63. The van der Waals surface area contributed by atoms with E-state index in [0.717, 1.165) is 24.9 Å². The summed E-state index contributed by atoms with van der Waals surface area (Å²) in [4.78, 5) is 14.9. The summed E-state index contributed by atoms with van der Waals surface area (Å²) in [5, 5.41) is 16.4. The zero-order chi connectivity index (χ0) is 17.2. The number of aromatic amines is 1. The number of para-hydroxylation sites is 1. The molecule has 4 N–H and O–H groups in total. The van der Waals surface area contributed by atoms with Crippen LogP contribution in [0.1, 0.15) is 17.7 Å². The smallest absolute Gasteiger partial charge is 0.250 e. The van der Waals surface area contributed by atoms with Crippen LogP contribution in [0.5, 0.6) is 0 Å². The van der Waals surface area contributed by atoms with E-state index in [4.69, 9.17) is 5.11 Å². The Morgan fingerprint density at radius 1 is 1.16 bits per heavy atom. The van der Waals surface area contributed by atoms with Gasteiger partial charge in [-0.15, -0.1) is 0 Å². The van der Waals surface area contributed by atoms with Gasteiger partial charge in [0.1, 0.15) is 6.61 Å². The van der Waals surface area contributed by atoms with Crippen LogP contribution in [0, 0.1) is 0 Å². The molecule has 5 heteroatoms. The Bertz CT molecular complexity index is 916. The van der Waals surface area contributed by atoms with Gasteiger partial charge < -0.3 is 20.7 Å². The molecule has 0 spiro atoms. The van der Waals surface area contributed by atoms with Crippen molar-refractivity contribution < 1.29 is 9.90 Å². The second kappa shape index (κ2) is 6.61. The lowest BCUT2D eigenvalue weighted by atomic mass is 9.91. The molecule has 1 atom stereocenters. The van der Waals surface area contributed by atoms with Gasteiger partial charge in [-0.2, -0.15) is 0 Å². The van der Waals surface area contributed by atoms with Crippen LogP contribution in [0.4, 0.5) is 11.4 Å². The molecule has 128 valence electrons. The van der Waals surface area contributed by atoms with E-state index in [2.05, 4.69) is 39.9 Å². The summed E-state index contributed by atoms with van der Waals surface area (Å²) in [7, 11) is 0. The molecule has 0 radical (unpaired) electrons. The zero-order valence-electron chi connectivity index (χ0n) is 13.9. The van der Waals surface area contributed by atoms with Crippen LogP contribution in [0.3, 0.4) is 0 Å². The van der Waals surface area contributed by atoms with E-state index in [1.165, 1.54) is 22.2 Å². The lowest BCUT2D eigenvalue weighted by molar-refractivity contribution is -0.118. The minimum atomic E-state index is -0.510. The predicted molar refractivity (Wildman–Crippen MR) is 99.9 cm³/mol. The van der Waals surface area contributed by atoms with Gasteiger partial charge in [-0.1, -0.05) is 24.3 Å². The molecule has 1 aliphatic rings. The van der Waals surface area contributed by atoms with Gasteiger partial charge in [0.05, 0.1) is 0 Å². The number of H-pyrrole nitrogens is 1. The molecule has 0 aliphatic heterocycles. The molecule has 0 bridgehead atoms. The number of hydrogen-bond donors (Lipinski definition) is 4. The average molecular weight is 335 g/mol. The third kappa shape index (κ3) is 3.23. The molecule has 0 saturated heterocycles. The van der Waals surface area contributed by atoms with E-state index < -0.39 is 12.5 Å². The summed E-state index contributed by atoms with van der Waals surface area (Å²) in [5.74, 6) is -0.404. The van der Waals surface area contributed by atoms with Crippen LogP contribution in [0.2, 0.25) is 0 Å². The minimum absolute atomic E-state index is 0.357. The topological polar surface area (TPSA) is 77.2 Å². The number of rotatable bonds is 4. The van der Waals surface area contributed by atoms with E-state index in [1.54, 1.807) is 0 Å². The quantitative estimate of drug-likeness (QED) is 0.592. The van der Waals surface area contributed by atoms with Gasteiger partial charge in [-0.25, -0.2) is 0 Å². The minimum Gasteiger partial charge on any atom is -0.387 e. The van der Waals surface area contributed by atoms with Crippen molar-refractivity contribution in [3.8, 4) is 0 Å². The maximum absolute atomic E-state index is 11.3. The third-order valence-corrected chi connectivity index (χ3v) is 4.76. The molecule has 25 heavy (non-hydrogen) atoms. The van der Waals surface area contributed by atoms with Crippen molar-refractivity contribution in [3.05, 3.63) is 59.8 Å². The molecule has 1 aromatic heterocycles. The number of anilines is 2. The van der Waals surface area contributed by atoms with Crippen molar-refractivity contribution in [3.63, 3.8) is 0 Å². The normalized spacial score (nSPS) is 16.4. The summed E-state index contributed by atoms with van der Waals surface area (Å²) < 4.78 is 0. The van der Waals surface area contributed by atoms with Gasteiger partial charge in [0.2, 0.25) is 5.91 Å². The van der Waals surface area contributed by atoms with Gasteiger partial charge in [-0.3, -0.25) is 4.79 Å². The Labute approximate surface area is 146 Å². The highest BCUT2D eigenvalue weighted by molar-refractivity contribution is 5.92. The van der Waals surface area contributed by atoms with Crippen molar-refractivity contribution >= 4 is 28.2 Å². The molecule has 1 heterocycles. The van der Waals surface area contributed by atoms with Crippen LogP contribution in [0.15, 0.2) is 48.5 Å². The number of aliphatic hydroxyl groups is 1. The maximum Gasteiger partial charge on any atom is 0.250 e. The second-order valence-electron chi connectivity index (χ2n) is 6.50. The van der Waals surface area contributed by atoms with E-state index in [-0.39, 0.29) is 0 Å². The van der Waals surface area contributed by atoms with E-state index in [1.807, 2.05) is 24.3 Å². The molecule has 0 saturated carbocycles. The van der Waals surface area contributed by atoms with Crippen molar-refractivity contribution in [1.82, 2.24) is 4.98 Å². The van der Waals surface area contributed by atoms with Crippen molar-refractivity contribution in [2.24, 2.45) is 0 Å². The first-order chi connectivity index (χ1) is 12.2. The number of benzene rings is 2. The highest BCUT2D eigenvalue weighted by Gasteiger charge is 2.22. The van der Waals surface area contributed by atoms with Crippen LogP contribution < -0.4 is 10.6 Å². The molecule has 4 rings (SSSR count). The number of fused-ring (bicyclic) bond motifs is 3. The molecule has 1 amide bonds. The first kappa shape index (κ1) is 15.7. The van der Waals surface area contributed by atoms with Gasteiger partial charge in [0.25, 0.3) is 0 Å². The summed E-state index contributed by atoms with van der Waals surface area (Å²) in [6.07, 6.45) is 3.07. The molecule has 3 aromatic rings. The SMILES string of the molecule is O=C(CO)Nc1cccc(NC2CCc3[nH]c4ccccc4c3C2)c1. The molecular formula is C20H21N3O2. The lowest BCUT2D eigenvalue weighted by Gasteiger charge is -2.25. The Balaban J connectivity index is 1.51. The summed E-state index contributed by atoms with van der Waals surface area (Å²) in [6, 6.07) is 16.4. The van der Waals surface area contributed by atoms with E-state index >= 15 is 0 Å². The van der Waals surface area contributed by atoms with E-state index in [0.29, 0.717) is 11.7 Å². The fourth-order valence-corrected chi connectivity index (χ4v) is 3.62. The number of aryl methyl sites for hydroxylation is 1. The number of amides is 1. The van der Waals surface area contributed by atoms with E-state index in [9.17, 15) is 4.79 Å². The predicted octanol–water partition coefficient (Wildman–Crippen LogP) is 3.07. The number of aromatic nitrogens is 1. The summed E-state index contributed by atoms with van der Waals surface area (Å²) >= 11 is 0. The van der Waals surface area contributed by atoms with Crippen LogP contribution in [0.25, 0.3) is 10.9 Å². The Kier molecular flexibility index (Phi) is 4.15. The fourth-order valence-electron chi connectivity index (χ4n) is 3.62. The Morgan fingerprint density at radius 2 is 2.00 bits per heavy atom. The largest absolute Gasteiger partial charge is 0.387 e. The van der Waals surface area contributed by atoms with Crippen molar-refractivity contribution in [1.29, 1.82) is 0 Å². The Hall–Kier alpha value is -2.79. The number of hydrogen-bond acceptors (Lipinski definition) is 3. The van der Waals surface area contributed by atoms with Crippen molar-refractivity contribution in [2.45, 2.75) is 25.3 Å². The standard InChI is InChI=1S/C20H21N3O2/c24-12-20(25)22-14-5-3-4-13(10-14)21-15-8-9-19-17(11-15)16-6-1-2-7-18(16)23-19/h1-7,10,15,21,23-24H,8-9,11-12H2,(H,22,25). The lowest BCUT2D eigenvalue weighted by Crippen LogP contribution is -2.27. The molecule has 1 unspecified atom stereocenters. The third-order valence-electron chi connectivity index (χ3n) is 4.76. The van der Waals surface area contributed by atoms with Crippen LogP contribution in [-0.2, 0) is 17.6 Å². The number of carbonyl (C=O) groups is 1. The first-order valence-corrected chi connectivity index (χ1v) is 8.58.